The molecule has 0 radical (unpaired) electrons. The minimum absolute atomic E-state index is 0.191. The van der Waals surface area contributed by atoms with Crippen LogP contribution in [0.4, 0.5) is 0 Å². The van der Waals surface area contributed by atoms with Crippen molar-refractivity contribution in [2.45, 2.75) is 0 Å². The van der Waals surface area contributed by atoms with Crippen LogP contribution in [0.25, 0.3) is 11.1 Å². The predicted octanol–water partition coefficient (Wildman–Crippen LogP) is 6.72. The van der Waals surface area contributed by atoms with Gasteiger partial charge in [-0.15, -0.1) is 0 Å². The Kier molecular flexibility index (Phi) is 6.61. The van der Waals surface area contributed by atoms with Crippen molar-refractivity contribution in [1.29, 1.82) is 0 Å². The third-order valence-electron chi connectivity index (χ3n) is 6.09. The number of para-hydroxylation sites is 1. The Balaban J connectivity index is 1.43. The fourth-order valence-electron chi connectivity index (χ4n) is 4.05. The molecular formula is C32H22O6. The van der Waals surface area contributed by atoms with Gasteiger partial charge in [0.15, 0.2) is 23.1 Å². The van der Waals surface area contributed by atoms with Crippen molar-refractivity contribution in [2.24, 2.45) is 0 Å². The van der Waals surface area contributed by atoms with Gasteiger partial charge in [-0.1, -0.05) is 72.8 Å². The minimum Gasteiger partial charge on any atom is -0.504 e. The normalized spacial score (nSPS) is 10.6. The summed E-state index contributed by atoms with van der Waals surface area (Å²) in [5.74, 6) is -2.68. The molecule has 0 unspecified atom stereocenters. The van der Waals surface area contributed by atoms with Gasteiger partial charge >= 0.3 is 0 Å². The van der Waals surface area contributed by atoms with Crippen LogP contribution in [-0.2, 0) is 0 Å². The molecular weight excluding hydrogens is 480 g/mol. The van der Waals surface area contributed by atoms with Crippen LogP contribution in [0.5, 0.6) is 28.7 Å². The maximum atomic E-state index is 13.2. The van der Waals surface area contributed by atoms with E-state index >= 15 is 0 Å². The number of carbonyl (C=O) groups is 2. The summed E-state index contributed by atoms with van der Waals surface area (Å²) in [7, 11) is 0. The maximum Gasteiger partial charge on any atom is 0.201 e. The summed E-state index contributed by atoms with van der Waals surface area (Å²) in [5, 5.41) is 31.2. The van der Waals surface area contributed by atoms with Crippen molar-refractivity contribution >= 4 is 11.6 Å². The van der Waals surface area contributed by atoms with Crippen LogP contribution in [0.1, 0.15) is 31.8 Å². The Morgan fingerprint density at radius 3 is 1.42 bits per heavy atom. The molecule has 6 nitrogen and oxygen atoms in total. The molecule has 0 saturated carbocycles. The average Bonchev–Trinajstić information content (AvgIpc) is 2.97. The van der Waals surface area contributed by atoms with E-state index in [1.54, 1.807) is 48.5 Å². The third kappa shape index (κ3) is 4.83. The second-order valence-corrected chi connectivity index (χ2v) is 8.56. The monoisotopic (exact) mass is 502 g/mol. The van der Waals surface area contributed by atoms with Gasteiger partial charge in [-0.05, 0) is 53.6 Å². The lowest BCUT2D eigenvalue weighted by Gasteiger charge is -2.12. The van der Waals surface area contributed by atoms with Crippen molar-refractivity contribution in [1.82, 2.24) is 0 Å². The Morgan fingerprint density at radius 1 is 0.474 bits per heavy atom. The minimum atomic E-state index is -0.941. The van der Waals surface area contributed by atoms with E-state index in [1.165, 1.54) is 12.1 Å². The van der Waals surface area contributed by atoms with E-state index in [-0.39, 0.29) is 22.3 Å². The van der Waals surface area contributed by atoms with Crippen LogP contribution in [-0.4, -0.2) is 26.9 Å². The summed E-state index contributed by atoms with van der Waals surface area (Å²) in [4.78, 5) is 26.4. The molecule has 6 heteroatoms. The van der Waals surface area contributed by atoms with Gasteiger partial charge in [-0.2, -0.15) is 0 Å². The van der Waals surface area contributed by atoms with E-state index in [0.717, 1.165) is 17.2 Å². The van der Waals surface area contributed by atoms with Crippen molar-refractivity contribution in [2.75, 3.05) is 0 Å². The first-order chi connectivity index (χ1) is 18.4. The molecule has 0 heterocycles. The second kappa shape index (κ2) is 10.3. The molecule has 38 heavy (non-hydrogen) atoms. The number of rotatable bonds is 7. The van der Waals surface area contributed by atoms with Gasteiger partial charge in [-0.3, -0.25) is 9.59 Å². The molecule has 5 aromatic rings. The number of ketones is 2. The van der Waals surface area contributed by atoms with Crippen molar-refractivity contribution in [3.05, 3.63) is 138 Å². The maximum absolute atomic E-state index is 13.2. The fourth-order valence-corrected chi connectivity index (χ4v) is 4.05. The predicted molar refractivity (Wildman–Crippen MR) is 143 cm³/mol. The third-order valence-corrected chi connectivity index (χ3v) is 6.09. The number of carbonyl (C=O) groups excluding carboxylic acids is 2. The average molecular weight is 503 g/mol. The molecule has 5 rings (SSSR count). The lowest BCUT2D eigenvalue weighted by Crippen LogP contribution is -2.07. The SMILES string of the molecule is O=C(c1ccc(Oc2ccccc2)cc1)c1cc(C(=O)c2ccc(-c3ccccc3)cc2)c(O)c(O)c1O. The van der Waals surface area contributed by atoms with Crippen LogP contribution < -0.4 is 4.74 Å². The molecule has 0 fully saturated rings. The highest BCUT2D eigenvalue weighted by Crippen LogP contribution is 2.42. The molecule has 0 aliphatic heterocycles. The van der Waals surface area contributed by atoms with Crippen LogP contribution in [0.3, 0.4) is 0 Å². The lowest BCUT2D eigenvalue weighted by molar-refractivity contribution is 0.103. The van der Waals surface area contributed by atoms with E-state index in [0.29, 0.717) is 11.5 Å². The van der Waals surface area contributed by atoms with Gasteiger partial charge in [0.2, 0.25) is 5.75 Å². The molecule has 0 bridgehead atoms. The molecule has 5 aromatic carbocycles. The number of hydrogen-bond acceptors (Lipinski definition) is 6. The smallest absolute Gasteiger partial charge is 0.201 e. The highest BCUT2D eigenvalue weighted by molar-refractivity contribution is 6.16. The van der Waals surface area contributed by atoms with E-state index in [2.05, 4.69) is 0 Å². The summed E-state index contributed by atoms with van der Waals surface area (Å²) in [6, 6.07) is 32.8. The van der Waals surface area contributed by atoms with E-state index in [4.69, 9.17) is 4.74 Å². The summed E-state index contributed by atoms with van der Waals surface area (Å²) in [6.45, 7) is 0. The van der Waals surface area contributed by atoms with Crippen LogP contribution >= 0.6 is 0 Å². The van der Waals surface area contributed by atoms with Gasteiger partial charge in [0.05, 0.1) is 11.1 Å². The molecule has 0 aromatic heterocycles. The number of benzene rings is 5. The summed E-state index contributed by atoms with van der Waals surface area (Å²) in [5.41, 5.74) is 1.68. The topological polar surface area (TPSA) is 104 Å². The molecule has 0 aliphatic rings. The number of phenols is 3. The zero-order valence-electron chi connectivity index (χ0n) is 20.0. The van der Waals surface area contributed by atoms with Crippen LogP contribution in [0.15, 0.2) is 115 Å². The molecule has 0 spiro atoms. The lowest BCUT2D eigenvalue weighted by atomic mass is 9.94. The van der Waals surface area contributed by atoms with Gasteiger partial charge in [0.1, 0.15) is 11.5 Å². The first-order valence-electron chi connectivity index (χ1n) is 11.8. The fraction of sp³-hybridized carbons (Fsp3) is 0. The van der Waals surface area contributed by atoms with Gasteiger partial charge < -0.3 is 20.1 Å². The standard InChI is InChI=1S/C32H22O6/c33-28(22-13-11-21(12-14-22)20-7-3-1-4-8-20)26-19-27(31(36)32(37)30(26)35)29(34)23-15-17-25(18-16-23)38-24-9-5-2-6-10-24/h1-19,35-37H. The highest BCUT2D eigenvalue weighted by Gasteiger charge is 2.26. The van der Waals surface area contributed by atoms with Crippen molar-refractivity contribution < 1.29 is 29.6 Å². The molecule has 3 N–H and O–H groups in total. The number of phenolic OH excluding ortho intramolecular Hbond substituents is 3. The first kappa shape index (κ1) is 24.3. The zero-order chi connectivity index (χ0) is 26.6. The molecule has 186 valence electrons. The molecule has 0 atom stereocenters. The highest BCUT2D eigenvalue weighted by atomic mass is 16.5. The number of ether oxygens (including phenoxy) is 1. The molecule has 0 amide bonds. The summed E-state index contributed by atoms with van der Waals surface area (Å²) >= 11 is 0. The van der Waals surface area contributed by atoms with Crippen molar-refractivity contribution in [3.8, 4) is 39.9 Å². The molecule has 0 saturated heterocycles. The number of hydrogen-bond donors (Lipinski definition) is 3. The van der Waals surface area contributed by atoms with Crippen molar-refractivity contribution in [3.63, 3.8) is 0 Å². The van der Waals surface area contributed by atoms with Gasteiger partial charge in [0.25, 0.3) is 0 Å². The van der Waals surface area contributed by atoms with Gasteiger partial charge in [0, 0.05) is 11.1 Å². The number of aromatic hydroxyl groups is 3. The zero-order valence-corrected chi connectivity index (χ0v) is 20.0. The second-order valence-electron chi connectivity index (χ2n) is 8.56. The Labute approximate surface area is 218 Å². The Hall–Kier alpha value is -5.36. The Bertz CT molecular complexity index is 1610. The van der Waals surface area contributed by atoms with E-state index in [1.807, 2.05) is 48.5 Å². The summed E-state index contributed by atoms with van der Waals surface area (Å²) in [6.07, 6.45) is 0. The van der Waals surface area contributed by atoms with E-state index < -0.39 is 28.8 Å². The molecule has 0 aliphatic carbocycles. The van der Waals surface area contributed by atoms with Crippen LogP contribution in [0.2, 0.25) is 0 Å². The summed E-state index contributed by atoms with van der Waals surface area (Å²) < 4.78 is 5.74. The largest absolute Gasteiger partial charge is 0.504 e. The van der Waals surface area contributed by atoms with E-state index in [9.17, 15) is 24.9 Å². The van der Waals surface area contributed by atoms with Gasteiger partial charge in [-0.25, -0.2) is 0 Å². The van der Waals surface area contributed by atoms with Crippen LogP contribution in [0, 0.1) is 0 Å². The first-order valence-corrected chi connectivity index (χ1v) is 11.8. The Morgan fingerprint density at radius 2 is 0.895 bits per heavy atom. The quantitative estimate of drug-likeness (QED) is 0.168.